The van der Waals surface area contributed by atoms with Crippen LogP contribution in [-0.2, 0) is 0 Å². The lowest BCUT2D eigenvalue weighted by Crippen LogP contribution is -2.21. The van der Waals surface area contributed by atoms with Gasteiger partial charge in [0.2, 0.25) is 0 Å². The average Bonchev–Trinajstić information content (AvgIpc) is 3.14. The summed E-state index contributed by atoms with van der Waals surface area (Å²) in [6.07, 6.45) is 1.41. The van der Waals surface area contributed by atoms with Gasteiger partial charge in [-0.15, -0.1) is 0 Å². The lowest BCUT2D eigenvalue weighted by Gasteiger charge is -2.02. The van der Waals surface area contributed by atoms with Gasteiger partial charge >= 0.3 is 0 Å². The average molecular weight is 297 g/mol. The molecule has 0 spiro atoms. The molecule has 0 amide bonds. The summed E-state index contributed by atoms with van der Waals surface area (Å²) in [6.45, 7) is 0. The van der Waals surface area contributed by atoms with E-state index in [2.05, 4.69) is 20.6 Å². The van der Waals surface area contributed by atoms with Crippen LogP contribution < -0.4 is 10.8 Å². The maximum Gasteiger partial charge on any atom is 0.263 e. The molecule has 0 saturated heterocycles. The van der Waals surface area contributed by atoms with E-state index >= 15 is 0 Å². The van der Waals surface area contributed by atoms with Gasteiger partial charge in [0, 0.05) is 5.56 Å². The molecule has 0 saturated carbocycles. The summed E-state index contributed by atoms with van der Waals surface area (Å²) in [7, 11) is 0. The smallest absolute Gasteiger partial charge is 0.263 e. The van der Waals surface area contributed by atoms with Crippen LogP contribution in [-0.4, -0.2) is 32.5 Å². The maximum atomic E-state index is 10.7. The monoisotopic (exact) mass is 297 g/mol. The predicted octanol–water partition coefficient (Wildman–Crippen LogP) is -0.239. The Bertz CT molecular complexity index is 834. The number of rotatable bonds is 4. The second-order valence-corrected chi connectivity index (χ2v) is 4.24. The molecule has 3 aromatic rings. The van der Waals surface area contributed by atoms with E-state index in [1.54, 1.807) is 24.3 Å². The van der Waals surface area contributed by atoms with E-state index in [0.717, 1.165) is 10.4 Å². The standard InChI is InChI=1S/C13H10N6O3/c14-13-16-17-18-19(13)15-7-10-5-6-11(22-10)8-1-3-9(4-2-8)12(20)21/h1-7H,(H,20,21)(H2,14,16,18)/p-1/b15-7+. The molecule has 3 rings (SSSR count). The molecule has 0 aliphatic carbocycles. The molecule has 9 nitrogen and oxygen atoms in total. The second kappa shape index (κ2) is 5.48. The Morgan fingerprint density at radius 2 is 2.05 bits per heavy atom. The summed E-state index contributed by atoms with van der Waals surface area (Å²) < 4.78 is 5.57. The third-order valence-electron chi connectivity index (χ3n) is 2.80. The van der Waals surface area contributed by atoms with Crippen molar-refractivity contribution in [2.45, 2.75) is 0 Å². The number of carbonyl (C=O) groups excluding carboxylic acids is 1. The highest BCUT2D eigenvalue weighted by Gasteiger charge is 2.04. The van der Waals surface area contributed by atoms with Crippen LogP contribution >= 0.6 is 0 Å². The second-order valence-electron chi connectivity index (χ2n) is 4.24. The zero-order valence-corrected chi connectivity index (χ0v) is 11.1. The number of nitrogens with two attached hydrogens (primary N) is 1. The van der Waals surface area contributed by atoms with E-state index in [0.29, 0.717) is 11.5 Å². The Balaban J connectivity index is 1.80. The summed E-state index contributed by atoms with van der Waals surface area (Å²) in [5.41, 5.74) is 6.30. The van der Waals surface area contributed by atoms with Gasteiger partial charge in [0.1, 0.15) is 11.5 Å². The van der Waals surface area contributed by atoms with Crippen LogP contribution in [0.3, 0.4) is 0 Å². The molecule has 0 atom stereocenters. The minimum Gasteiger partial charge on any atom is -0.545 e. The van der Waals surface area contributed by atoms with Gasteiger partial charge in [-0.1, -0.05) is 34.2 Å². The number of carboxylic acids is 1. The van der Waals surface area contributed by atoms with Crippen molar-refractivity contribution in [3.63, 3.8) is 0 Å². The van der Waals surface area contributed by atoms with Gasteiger partial charge in [0.15, 0.2) is 0 Å². The normalized spacial score (nSPS) is 11.1. The number of aromatic carboxylic acids is 1. The first-order valence-electron chi connectivity index (χ1n) is 6.13. The summed E-state index contributed by atoms with van der Waals surface area (Å²) >= 11 is 0. The first kappa shape index (κ1) is 13.5. The van der Waals surface area contributed by atoms with Crippen molar-refractivity contribution in [1.82, 2.24) is 20.3 Å². The van der Waals surface area contributed by atoms with Gasteiger partial charge in [0.05, 0.1) is 12.2 Å². The van der Waals surface area contributed by atoms with E-state index in [4.69, 9.17) is 10.2 Å². The zero-order chi connectivity index (χ0) is 15.5. The molecule has 110 valence electrons. The van der Waals surface area contributed by atoms with Crippen LogP contribution in [0.15, 0.2) is 45.9 Å². The number of benzene rings is 1. The molecular formula is C13H9N6O3-. The van der Waals surface area contributed by atoms with Crippen molar-refractivity contribution in [2.75, 3.05) is 5.73 Å². The number of hydrogen-bond donors (Lipinski definition) is 1. The highest BCUT2D eigenvalue weighted by molar-refractivity contribution is 5.86. The summed E-state index contributed by atoms with van der Waals surface area (Å²) in [4.78, 5) is 11.7. The summed E-state index contributed by atoms with van der Waals surface area (Å²) in [5, 5.41) is 25.0. The molecule has 2 heterocycles. The first-order valence-corrected chi connectivity index (χ1v) is 6.13. The van der Waals surface area contributed by atoms with Gasteiger partial charge in [-0.3, -0.25) is 0 Å². The quantitative estimate of drug-likeness (QED) is 0.656. The fourth-order valence-corrected chi connectivity index (χ4v) is 1.73. The van der Waals surface area contributed by atoms with Crippen molar-refractivity contribution in [2.24, 2.45) is 5.10 Å². The largest absolute Gasteiger partial charge is 0.545 e. The van der Waals surface area contributed by atoms with Crippen molar-refractivity contribution < 1.29 is 14.3 Å². The lowest BCUT2D eigenvalue weighted by molar-refractivity contribution is -0.255. The molecule has 9 heteroatoms. The Hall–Kier alpha value is -3.49. The molecule has 2 N–H and O–H groups in total. The van der Waals surface area contributed by atoms with Crippen LogP contribution in [0, 0.1) is 0 Å². The van der Waals surface area contributed by atoms with Crippen molar-refractivity contribution in [3.05, 3.63) is 47.7 Å². The van der Waals surface area contributed by atoms with E-state index in [1.165, 1.54) is 18.3 Å². The van der Waals surface area contributed by atoms with Crippen LogP contribution in [0.1, 0.15) is 16.1 Å². The molecule has 0 bridgehead atoms. The molecule has 0 aliphatic rings. The Morgan fingerprint density at radius 3 is 2.68 bits per heavy atom. The van der Waals surface area contributed by atoms with E-state index in [-0.39, 0.29) is 11.5 Å². The lowest BCUT2D eigenvalue weighted by atomic mass is 10.1. The highest BCUT2D eigenvalue weighted by atomic mass is 16.4. The van der Waals surface area contributed by atoms with Crippen molar-refractivity contribution in [1.29, 1.82) is 0 Å². The number of anilines is 1. The minimum absolute atomic E-state index is 0.0564. The molecule has 0 aliphatic heterocycles. The van der Waals surface area contributed by atoms with E-state index < -0.39 is 5.97 Å². The number of nitrogens with zero attached hydrogens (tertiary/aromatic N) is 5. The van der Waals surface area contributed by atoms with Gasteiger partial charge in [-0.05, 0) is 28.1 Å². The fraction of sp³-hybridized carbons (Fsp3) is 0. The zero-order valence-electron chi connectivity index (χ0n) is 11.1. The highest BCUT2D eigenvalue weighted by Crippen LogP contribution is 2.21. The van der Waals surface area contributed by atoms with Gasteiger partial charge in [-0.25, -0.2) is 0 Å². The molecule has 0 unspecified atom stereocenters. The number of carbonyl (C=O) groups is 1. The third-order valence-corrected chi connectivity index (χ3v) is 2.80. The molecule has 1 aromatic carbocycles. The fourth-order valence-electron chi connectivity index (χ4n) is 1.73. The molecule has 0 fully saturated rings. The van der Waals surface area contributed by atoms with E-state index in [1.807, 2.05) is 0 Å². The maximum absolute atomic E-state index is 10.7. The Morgan fingerprint density at radius 1 is 1.27 bits per heavy atom. The Labute approximate surface area is 123 Å². The molecular weight excluding hydrogens is 288 g/mol. The molecule has 22 heavy (non-hydrogen) atoms. The number of carboxylic acid groups (broad SMARTS) is 1. The predicted molar refractivity (Wildman–Crippen MR) is 73.7 cm³/mol. The third kappa shape index (κ3) is 2.68. The topological polar surface area (TPSA) is 135 Å². The SMILES string of the molecule is Nc1nnnn1/N=C/c1ccc(-c2ccc(C(=O)[O-])cc2)o1. The van der Waals surface area contributed by atoms with Gasteiger partial charge in [0.25, 0.3) is 5.95 Å². The first-order chi connectivity index (χ1) is 10.6. The summed E-state index contributed by atoms with van der Waals surface area (Å²) in [5.74, 6) is -0.136. The number of furan rings is 1. The Kier molecular flexibility index (Phi) is 3.36. The number of tetrazole rings is 1. The van der Waals surface area contributed by atoms with Gasteiger partial charge in [-0.2, -0.15) is 5.10 Å². The van der Waals surface area contributed by atoms with Crippen molar-refractivity contribution >= 4 is 18.1 Å². The molecule has 2 aromatic heterocycles. The van der Waals surface area contributed by atoms with Crippen molar-refractivity contribution in [3.8, 4) is 11.3 Å². The van der Waals surface area contributed by atoms with Crippen LogP contribution in [0.2, 0.25) is 0 Å². The number of hydrogen-bond acceptors (Lipinski definition) is 8. The van der Waals surface area contributed by atoms with Crippen LogP contribution in [0.4, 0.5) is 5.95 Å². The minimum atomic E-state index is -1.22. The summed E-state index contributed by atoms with van der Waals surface area (Å²) in [6, 6.07) is 9.59. The van der Waals surface area contributed by atoms with Crippen LogP contribution in [0.5, 0.6) is 0 Å². The van der Waals surface area contributed by atoms with Gasteiger partial charge < -0.3 is 20.1 Å². The number of nitrogen functional groups attached to an aromatic ring is 1. The van der Waals surface area contributed by atoms with Crippen LogP contribution in [0.25, 0.3) is 11.3 Å². The molecule has 0 radical (unpaired) electrons. The number of aromatic nitrogens is 4. The van der Waals surface area contributed by atoms with E-state index in [9.17, 15) is 9.90 Å².